The van der Waals surface area contributed by atoms with Gasteiger partial charge in [0.1, 0.15) is 0 Å². The quantitative estimate of drug-likeness (QED) is 0.638. The van der Waals surface area contributed by atoms with Gasteiger partial charge in [-0.3, -0.25) is 4.99 Å². The molecular formula is C17H30N4S. The van der Waals surface area contributed by atoms with Crippen molar-refractivity contribution in [3.8, 4) is 0 Å². The molecule has 1 fully saturated rings. The molecule has 4 nitrogen and oxygen atoms in total. The first-order valence-electron chi connectivity index (χ1n) is 8.53. The van der Waals surface area contributed by atoms with Gasteiger partial charge in [-0.25, -0.2) is 4.98 Å². The molecule has 5 heteroatoms. The van der Waals surface area contributed by atoms with Gasteiger partial charge in [-0.2, -0.15) is 0 Å². The van der Waals surface area contributed by atoms with Crippen LogP contribution in [0.1, 0.15) is 69.5 Å². The largest absolute Gasteiger partial charge is 0.354 e. The first kappa shape index (κ1) is 17.3. The van der Waals surface area contributed by atoms with E-state index in [9.17, 15) is 0 Å². The van der Waals surface area contributed by atoms with Crippen molar-refractivity contribution in [2.24, 2.45) is 10.9 Å². The van der Waals surface area contributed by atoms with Gasteiger partial charge >= 0.3 is 0 Å². The summed E-state index contributed by atoms with van der Waals surface area (Å²) < 4.78 is 0. The summed E-state index contributed by atoms with van der Waals surface area (Å²) in [5.41, 5.74) is 1.10. The highest BCUT2D eigenvalue weighted by molar-refractivity contribution is 7.09. The third kappa shape index (κ3) is 4.97. The fourth-order valence-electron chi connectivity index (χ4n) is 2.95. The van der Waals surface area contributed by atoms with Crippen LogP contribution in [0, 0.1) is 5.92 Å². The number of rotatable bonds is 5. The maximum absolute atomic E-state index is 4.66. The van der Waals surface area contributed by atoms with Crippen LogP contribution in [0.5, 0.6) is 0 Å². The number of nitrogens with one attached hydrogen (secondary N) is 2. The van der Waals surface area contributed by atoms with Crippen LogP contribution in [-0.4, -0.2) is 24.0 Å². The minimum atomic E-state index is 0.505. The van der Waals surface area contributed by atoms with Crippen molar-refractivity contribution >= 4 is 17.3 Å². The summed E-state index contributed by atoms with van der Waals surface area (Å²) in [7, 11) is 1.84. The van der Waals surface area contributed by atoms with Crippen molar-refractivity contribution in [3.05, 3.63) is 16.1 Å². The summed E-state index contributed by atoms with van der Waals surface area (Å²) in [5, 5.41) is 10.3. The van der Waals surface area contributed by atoms with Gasteiger partial charge in [0.05, 0.1) is 17.2 Å². The zero-order valence-electron chi connectivity index (χ0n) is 14.4. The summed E-state index contributed by atoms with van der Waals surface area (Å²) >= 11 is 1.74. The Labute approximate surface area is 138 Å². The maximum atomic E-state index is 4.66. The van der Waals surface area contributed by atoms with E-state index >= 15 is 0 Å². The molecule has 1 aliphatic carbocycles. The lowest BCUT2D eigenvalue weighted by atomic mass is 9.84. The molecule has 0 aliphatic heterocycles. The van der Waals surface area contributed by atoms with E-state index in [0.29, 0.717) is 12.0 Å². The summed E-state index contributed by atoms with van der Waals surface area (Å²) in [4.78, 5) is 9.01. The summed E-state index contributed by atoms with van der Waals surface area (Å²) in [6, 6.07) is 0.565. The van der Waals surface area contributed by atoms with Crippen LogP contribution in [0.2, 0.25) is 0 Å². The number of guanidine groups is 1. The molecule has 0 aromatic carbocycles. The van der Waals surface area contributed by atoms with Gasteiger partial charge in [0, 0.05) is 24.4 Å². The molecule has 1 aromatic rings. The Hall–Kier alpha value is -1.10. The Bertz CT molecular complexity index is 473. The highest BCUT2D eigenvalue weighted by Gasteiger charge is 2.20. The second-order valence-corrected chi connectivity index (χ2v) is 7.42. The topological polar surface area (TPSA) is 49.3 Å². The van der Waals surface area contributed by atoms with Gasteiger partial charge in [-0.15, -0.1) is 11.3 Å². The van der Waals surface area contributed by atoms with E-state index in [1.165, 1.54) is 37.1 Å². The highest BCUT2D eigenvalue weighted by Crippen LogP contribution is 2.26. The van der Waals surface area contributed by atoms with Crippen molar-refractivity contribution in [2.45, 2.75) is 71.4 Å². The predicted octanol–water partition coefficient (Wildman–Crippen LogP) is 3.90. The zero-order chi connectivity index (χ0) is 15.9. The molecule has 1 aromatic heterocycles. The molecule has 0 bridgehead atoms. The zero-order valence-corrected chi connectivity index (χ0v) is 15.2. The third-order valence-electron chi connectivity index (χ3n) is 4.49. The van der Waals surface area contributed by atoms with E-state index in [4.69, 9.17) is 0 Å². The van der Waals surface area contributed by atoms with Gasteiger partial charge < -0.3 is 10.6 Å². The molecule has 0 spiro atoms. The molecule has 2 rings (SSSR count). The SMILES string of the molecule is CCC1CCC(NC(=NC)NCc2csc(C(C)C)n2)CC1. The minimum absolute atomic E-state index is 0.505. The molecule has 124 valence electrons. The van der Waals surface area contributed by atoms with Crippen LogP contribution in [0.3, 0.4) is 0 Å². The first-order chi connectivity index (χ1) is 10.6. The molecule has 0 unspecified atom stereocenters. The van der Waals surface area contributed by atoms with Crippen LogP contribution in [0.25, 0.3) is 0 Å². The number of hydrogen-bond acceptors (Lipinski definition) is 3. The molecule has 1 heterocycles. The monoisotopic (exact) mass is 322 g/mol. The average molecular weight is 323 g/mol. The predicted molar refractivity (Wildman–Crippen MR) is 95.6 cm³/mol. The number of aromatic nitrogens is 1. The molecule has 22 heavy (non-hydrogen) atoms. The average Bonchev–Trinajstić information content (AvgIpc) is 3.01. The van der Waals surface area contributed by atoms with Gasteiger partial charge in [0.25, 0.3) is 0 Å². The Balaban J connectivity index is 1.77. The maximum Gasteiger partial charge on any atom is 0.191 e. The van der Waals surface area contributed by atoms with Crippen molar-refractivity contribution in [1.82, 2.24) is 15.6 Å². The van der Waals surface area contributed by atoms with E-state index in [1.54, 1.807) is 11.3 Å². The van der Waals surface area contributed by atoms with Crippen LogP contribution in [0.4, 0.5) is 0 Å². The molecule has 1 aliphatic rings. The molecule has 0 radical (unpaired) electrons. The lowest BCUT2D eigenvalue weighted by Gasteiger charge is -2.29. The highest BCUT2D eigenvalue weighted by atomic mass is 32.1. The number of hydrogen-bond donors (Lipinski definition) is 2. The van der Waals surface area contributed by atoms with Crippen LogP contribution in [0.15, 0.2) is 10.4 Å². The van der Waals surface area contributed by atoms with Crippen LogP contribution in [-0.2, 0) is 6.54 Å². The smallest absolute Gasteiger partial charge is 0.191 e. The summed E-state index contributed by atoms with van der Waals surface area (Å²) in [5.74, 6) is 2.33. The normalized spacial score (nSPS) is 22.9. The Kier molecular flexibility index (Phi) is 6.68. The fourth-order valence-corrected chi connectivity index (χ4v) is 3.78. The summed E-state index contributed by atoms with van der Waals surface area (Å²) in [6.45, 7) is 7.41. The van der Waals surface area contributed by atoms with Crippen LogP contribution >= 0.6 is 11.3 Å². The second-order valence-electron chi connectivity index (χ2n) is 6.53. The van der Waals surface area contributed by atoms with Gasteiger partial charge in [-0.05, 0) is 31.6 Å². The molecule has 0 amide bonds. The van der Waals surface area contributed by atoms with Crippen molar-refractivity contribution in [3.63, 3.8) is 0 Å². The molecule has 0 saturated heterocycles. The van der Waals surface area contributed by atoms with Crippen molar-refractivity contribution in [2.75, 3.05) is 7.05 Å². The first-order valence-corrected chi connectivity index (χ1v) is 9.41. The fraction of sp³-hybridized carbons (Fsp3) is 0.765. The van der Waals surface area contributed by atoms with E-state index in [0.717, 1.165) is 24.1 Å². The molecule has 0 atom stereocenters. The summed E-state index contributed by atoms with van der Waals surface area (Å²) in [6.07, 6.45) is 6.52. The minimum Gasteiger partial charge on any atom is -0.354 e. The van der Waals surface area contributed by atoms with E-state index in [2.05, 4.69) is 46.8 Å². The number of nitrogens with zero attached hydrogens (tertiary/aromatic N) is 2. The van der Waals surface area contributed by atoms with E-state index in [1.807, 2.05) is 7.05 Å². The van der Waals surface area contributed by atoms with Gasteiger partial charge in [0.2, 0.25) is 0 Å². The molecule has 1 saturated carbocycles. The molecular weight excluding hydrogens is 292 g/mol. The van der Waals surface area contributed by atoms with E-state index < -0.39 is 0 Å². The number of aliphatic imine (C=N–C) groups is 1. The Morgan fingerprint density at radius 3 is 2.64 bits per heavy atom. The lowest BCUT2D eigenvalue weighted by molar-refractivity contribution is 0.304. The molecule has 2 N–H and O–H groups in total. The van der Waals surface area contributed by atoms with Gasteiger partial charge in [-0.1, -0.05) is 27.2 Å². The Morgan fingerprint density at radius 1 is 1.36 bits per heavy atom. The Morgan fingerprint density at radius 2 is 2.09 bits per heavy atom. The lowest BCUT2D eigenvalue weighted by Crippen LogP contribution is -2.44. The third-order valence-corrected chi connectivity index (χ3v) is 5.68. The van der Waals surface area contributed by atoms with Crippen LogP contribution < -0.4 is 10.6 Å². The van der Waals surface area contributed by atoms with E-state index in [-0.39, 0.29) is 0 Å². The number of thiazole rings is 1. The second kappa shape index (κ2) is 8.51. The van der Waals surface area contributed by atoms with Crippen molar-refractivity contribution in [1.29, 1.82) is 0 Å². The van der Waals surface area contributed by atoms with Gasteiger partial charge in [0.15, 0.2) is 5.96 Å². The van der Waals surface area contributed by atoms with Crippen molar-refractivity contribution < 1.29 is 0 Å². The standard InChI is InChI=1S/C17H30N4S/c1-5-13-6-8-14(9-7-13)21-17(18-4)19-10-15-11-22-16(20-15)12(2)3/h11-14H,5-10H2,1-4H3,(H2,18,19,21).